The van der Waals surface area contributed by atoms with Gasteiger partial charge in [0.25, 0.3) is 0 Å². The second-order valence-corrected chi connectivity index (χ2v) is 16.3. The second kappa shape index (κ2) is 21.1. The maximum Gasteiger partial charge on any atom is 0.417 e. The van der Waals surface area contributed by atoms with Gasteiger partial charge in [-0.3, -0.25) is 10.2 Å². The monoisotopic (exact) mass is 877 g/mol. The molecule has 14 heteroatoms. The fourth-order valence-corrected chi connectivity index (χ4v) is 10.00. The van der Waals surface area contributed by atoms with Crippen LogP contribution in [0, 0.1) is 17.8 Å². The van der Waals surface area contributed by atoms with Crippen LogP contribution in [0.1, 0.15) is 62.0 Å². The van der Waals surface area contributed by atoms with Gasteiger partial charge in [0.1, 0.15) is 36.1 Å². The third kappa shape index (κ3) is 9.40. The number of rotatable bonds is 19. The Morgan fingerprint density at radius 2 is 1.69 bits per heavy atom. The first-order valence-electron chi connectivity index (χ1n) is 21.9. The number of carbonyl (C=O) groups is 2. The molecule has 1 fully saturated rings. The number of hydrogen-bond acceptors (Lipinski definition) is 12. The molecule has 6 atom stereocenters. The zero-order valence-corrected chi connectivity index (χ0v) is 37.0. The Balaban J connectivity index is 1.40. The lowest BCUT2D eigenvalue weighted by atomic mass is 9.55. The van der Waals surface area contributed by atoms with Crippen molar-refractivity contribution in [1.29, 1.82) is 0 Å². The molecular weight excluding hydrogens is 819 g/mol. The normalized spacial score (nSPS) is 22.6. The molecule has 0 radical (unpaired) electrons. The average molecular weight is 878 g/mol. The fourth-order valence-electron chi connectivity index (χ4n) is 10.00. The number of aliphatic hydroxyl groups excluding tert-OH is 2. The molecule has 6 unspecified atom stereocenters. The van der Waals surface area contributed by atoms with E-state index in [0.717, 1.165) is 53.2 Å². The van der Waals surface area contributed by atoms with Gasteiger partial charge >= 0.3 is 12.2 Å². The molecule has 2 aliphatic carbocycles. The van der Waals surface area contributed by atoms with Gasteiger partial charge in [-0.1, -0.05) is 72.6 Å². The smallest absolute Gasteiger partial charge is 0.417 e. The molecule has 1 heterocycles. The van der Waals surface area contributed by atoms with Crippen LogP contribution >= 0.6 is 0 Å². The highest BCUT2D eigenvalue weighted by Crippen LogP contribution is 2.62. The Hall–Kier alpha value is -6.09. The lowest BCUT2D eigenvalue weighted by Crippen LogP contribution is -2.70. The quantitative estimate of drug-likeness (QED) is 0.0467. The summed E-state index contributed by atoms with van der Waals surface area (Å²) >= 11 is 0. The number of ether oxygens (including phenoxy) is 6. The average Bonchev–Trinajstić information content (AvgIpc) is 3.31. The Kier molecular flexibility index (Phi) is 15.1. The summed E-state index contributed by atoms with van der Waals surface area (Å²) in [7, 11) is 5.92. The predicted molar refractivity (Wildman–Crippen MR) is 243 cm³/mol. The van der Waals surface area contributed by atoms with E-state index in [1.165, 1.54) is 21.3 Å². The minimum atomic E-state index is -1.51. The van der Waals surface area contributed by atoms with Gasteiger partial charge in [0.15, 0.2) is 0 Å². The maximum absolute atomic E-state index is 14.4. The molecule has 4 aromatic carbocycles. The summed E-state index contributed by atoms with van der Waals surface area (Å²) in [6.45, 7) is 4.39. The number of aliphatic hydroxyl groups is 2. The third-order valence-electron chi connectivity index (χ3n) is 12.7. The molecule has 0 spiro atoms. The van der Waals surface area contributed by atoms with Gasteiger partial charge < -0.3 is 43.5 Å². The Labute approximate surface area is 374 Å². The predicted octanol–water partition coefficient (Wildman–Crippen LogP) is 9.00. The number of oxime groups is 1. The van der Waals surface area contributed by atoms with Gasteiger partial charge in [-0.25, -0.2) is 9.59 Å². The van der Waals surface area contributed by atoms with Crippen LogP contribution in [-0.4, -0.2) is 93.1 Å². The number of carbonyl (C=O) groups excluding carboxylic acids is 2. The van der Waals surface area contributed by atoms with E-state index in [9.17, 15) is 19.8 Å². The van der Waals surface area contributed by atoms with E-state index in [1.807, 2.05) is 48.5 Å². The highest BCUT2D eigenvalue weighted by Gasteiger charge is 2.65. The molecular formula is C50H59N3O11. The van der Waals surface area contributed by atoms with Gasteiger partial charge in [0.05, 0.1) is 51.8 Å². The molecule has 0 aromatic heterocycles. The standard InChI is InChI=1S/C50H59N3O11/c1-6-26-62-50-45(53(49(57)60-4)31-34-17-13-16-32-14-7-8-18-37(32)34)30-42(52-61-5)39-27-33(15-9-11-24-54)38(19-10-12-25-55)46(47(39)50)40-28-36(21-23-43(40)64-50)63-48(56)51-41-22-20-35(58-2)29-44(41)59-3/h6-8,13-14,16-18,20-23,27-29,33,38,45-47,54-55H,1,9-12,15,19,24-26,30-31H2,2-5H3,(H,51,56). The van der Waals surface area contributed by atoms with Crippen molar-refractivity contribution in [1.82, 2.24) is 4.90 Å². The Morgan fingerprint density at radius 1 is 0.922 bits per heavy atom. The summed E-state index contributed by atoms with van der Waals surface area (Å²) in [6, 6.07) is 23.6. The van der Waals surface area contributed by atoms with Crippen LogP contribution in [0.3, 0.4) is 0 Å². The molecule has 0 saturated heterocycles. The van der Waals surface area contributed by atoms with Crippen molar-refractivity contribution >= 4 is 34.4 Å². The number of fused-ring (bicyclic) bond motifs is 3. The van der Waals surface area contributed by atoms with Crippen molar-refractivity contribution in [3.63, 3.8) is 0 Å². The van der Waals surface area contributed by atoms with Crippen molar-refractivity contribution in [2.24, 2.45) is 22.9 Å². The lowest BCUT2D eigenvalue weighted by molar-refractivity contribution is -0.256. The lowest BCUT2D eigenvalue weighted by Gasteiger charge is -2.59. The van der Waals surface area contributed by atoms with E-state index in [2.05, 4.69) is 23.1 Å². The molecule has 14 nitrogen and oxygen atoms in total. The fraction of sp³-hybridized carbons (Fsp3) is 0.420. The Bertz CT molecular complexity index is 2340. The Morgan fingerprint density at radius 3 is 2.42 bits per heavy atom. The minimum absolute atomic E-state index is 0.00552. The minimum Gasteiger partial charge on any atom is -0.497 e. The molecule has 4 aromatic rings. The van der Waals surface area contributed by atoms with Crippen LogP contribution in [-0.2, 0) is 20.9 Å². The topological polar surface area (TPSA) is 167 Å². The van der Waals surface area contributed by atoms with E-state index in [0.29, 0.717) is 41.5 Å². The molecule has 1 saturated carbocycles. The molecule has 7 rings (SSSR count). The highest BCUT2D eigenvalue weighted by molar-refractivity contribution is 6.03. The number of amides is 2. The number of nitrogens with one attached hydrogen (secondary N) is 1. The van der Waals surface area contributed by atoms with E-state index in [4.69, 9.17) is 33.3 Å². The number of allylic oxidation sites excluding steroid dienone is 1. The summed E-state index contributed by atoms with van der Waals surface area (Å²) in [4.78, 5) is 35.2. The van der Waals surface area contributed by atoms with E-state index >= 15 is 0 Å². The zero-order valence-electron chi connectivity index (χ0n) is 37.0. The zero-order chi connectivity index (χ0) is 45.2. The van der Waals surface area contributed by atoms with E-state index in [-0.39, 0.29) is 56.3 Å². The van der Waals surface area contributed by atoms with Gasteiger partial charge in [-0.2, -0.15) is 0 Å². The largest absolute Gasteiger partial charge is 0.497 e. The number of unbranched alkanes of at least 4 members (excludes halogenated alkanes) is 2. The van der Waals surface area contributed by atoms with E-state index < -0.39 is 29.9 Å². The van der Waals surface area contributed by atoms with Crippen molar-refractivity contribution in [2.75, 3.05) is 53.6 Å². The van der Waals surface area contributed by atoms with Crippen LogP contribution in [0.4, 0.5) is 15.3 Å². The second-order valence-electron chi connectivity index (χ2n) is 16.3. The summed E-state index contributed by atoms with van der Waals surface area (Å²) < 4.78 is 36.7. The third-order valence-corrected chi connectivity index (χ3v) is 12.7. The molecule has 2 amide bonds. The molecule has 0 bridgehead atoms. The van der Waals surface area contributed by atoms with Crippen LogP contribution in [0.15, 0.2) is 108 Å². The number of benzene rings is 4. The first kappa shape index (κ1) is 45.9. The van der Waals surface area contributed by atoms with Crippen LogP contribution in [0.5, 0.6) is 23.0 Å². The van der Waals surface area contributed by atoms with Crippen LogP contribution in [0.25, 0.3) is 10.8 Å². The summed E-state index contributed by atoms with van der Waals surface area (Å²) in [6.07, 6.45) is 7.08. The molecule has 340 valence electrons. The highest BCUT2D eigenvalue weighted by atomic mass is 16.7. The molecule has 64 heavy (non-hydrogen) atoms. The van der Waals surface area contributed by atoms with Gasteiger partial charge in [0, 0.05) is 37.2 Å². The number of hydrogen-bond donors (Lipinski definition) is 3. The number of methoxy groups -OCH3 is 3. The first-order valence-corrected chi connectivity index (χ1v) is 21.9. The van der Waals surface area contributed by atoms with Gasteiger partial charge in [0.2, 0.25) is 5.79 Å². The van der Waals surface area contributed by atoms with Crippen LogP contribution in [0.2, 0.25) is 0 Å². The summed E-state index contributed by atoms with van der Waals surface area (Å²) in [5.41, 5.74) is 3.60. The van der Waals surface area contributed by atoms with Gasteiger partial charge in [-0.05, 0) is 89.8 Å². The van der Waals surface area contributed by atoms with Crippen molar-refractivity contribution in [3.8, 4) is 23.0 Å². The molecule has 3 aliphatic rings. The van der Waals surface area contributed by atoms with Crippen molar-refractivity contribution in [2.45, 2.75) is 69.2 Å². The van der Waals surface area contributed by atoms with Crippen molar-refractivity contribution in [3.05, 3.63) is 114 Å². The van der Waals surface area contributed by atoms with Crippen molar-refractivity contribution < 1.29 is 53.1 Å². The number of anilines is 1. The van der Waals surface area contributed by atoms with Gasteiger partial charge in [-0.15, -0.1) is 6.58 Å². The van der Waals surface area contributed by atoms with E-state index in [1.54, 1.807) is 48.4 Å². The summed E-state index contributed by atoms with van der Waals surface area (Å²) in [5, 5.41) is 29.3. The number of nitrogens with zero attached hydrogens (tertiary/aromatic N) is 2. The molecule has 1 aliphatic heterocycles. The van der Waals surface area contributed by atoms with Crippen LogP contribution < -0.4 is 24.3 Å². The maximum atomic E-state index is 14.4. The first-order chi connectivity index (χ1) is 31.2. The summed E-state index contributed by atoms with van der Waals surface area (Å²) in [5.74, 6) is -0.737. The SMILES string of the molecule is C=CCOC12Oc3ccc(OC(=O)Nc4ccc(OC)cc4OC)cc3C3C(CCCCO)C(CCCCO)C=C(C(=NOC)CC1N(Cc1cccc4ccccc14)C(=O)OC)C32. The molecule has 3 N–H and O–H groups in total.